The molecule has 0 unspecified atom stereocenters. The van der Waals surface area contributed by atoms with Crippen molar-refractivity contribution in [3.8, 4) is 11.9 Å². The molecule has 0 atom stereocenters. The Balaban J connectivity index is 1.40. The Bertz CT molecular complexity index is 1150. The van der Waals surface area contributed by atoms with Crippen LogP contribution in [0.3, 0.4) is 0 Å². The van der Waals surface area contributed by atoms with Gasteiger partial charge in [0.25, 0.3) is 0 Å². The number of aromatic nitrogens is 7. The molecular weight excluding hydrogens is 354 g/mol. The minimum atomic E-state index is 0.251. The molecule has 9 heteroatoms. The first-order chi connectivity index (χ1) is 13.8. The van der Waals surface area contributed by atoms with Crippen LogP contribution in [0.25, 0.3) is 11.5 Å². The lowest BCUT2D eigenvalue weighted by atomic mass is 9.96. The van der Waals surface area contributed by atoms with E-state index < -0.39 is 0 Å². The standard InChI is InChI=1S/C19H17N9/c20-13-15-3-1-8-21-18(15)26-11-6-14(7-12-26)19-24-23-16-4-5-17(25-28(16)19)27-10-2-9-22-27/h1-5,8-10,14H,6-7,11-12H2. The summed E-state index contributed by atoms with van der Waals surface area (Å²) in [5.74, 6) is 2.60. The molecule has 0 radical (unpaired) electrons. The zero-order valence-corrected chi connectivity index (χ0v) is 15.0. The molecule has 5 heterocycles. The third-order valence-electron chi connectivity index (χ3n) is 5.08. The molecule has 28 heavy (non-hydrogen) atoms. The summed E-state index contributed by atoms with van der Waals surface area (Å²) >= 11 is 0. The molecular formula is C19H17N9. The molecule has 1 aliphatic rings. The van der Waals surface area contributed by atoms with Crippen LogP contribution in [-0.2, 0) is 0 Å². The van der Waals surface area contributed by atoms with E-state index >= 15 is 0 Å². The summed E-state index contributed by atoms with van der Waals surface area (Å²) in [6.45, 7) is 1.62. The van der Waals surface area contributed by atoms with Gasteiger partial charge in [-0.05, 0) is 43.2 Å². The van der Waals surface area contributed by atoms with E-state index in [1.165, 1.54) is 0 Å². The van der Waals surface area contributed by atoms with Gasteiger partial charge in [-0.3, -0.25) is 0 Å². The van der Waals surface area contributed by atoms with Gasteiger partial charge in [-0.15, -0.1) is 15.3 Å². The molecule has 0 saturated carbocycles. The molecule has 1 aliphatic heterocycles. The van der Waals surface area contributed by atoms with Crippen molar-refractivity contribution >= 4 is 11.5 Å². The van der Waals surface area contributed by atoms with Crippen molar-refractivity contribution < 1.29 is 0 Å². The van der Waals surface area contributed by atoms with E-state index in [1.54, 1.807) is 29.2 Å². The van der Waals surface area contributed by atoms with Crippen LogP contribution < -0.4 is 4.90 Å². The van der Waals surface area contributed by atoms with Gasteiger partial charge in [0.15, 0.2) is 17.3 Å². The van der Waals surface area contributed by atoms with Gasteiger partial charge < -0.3 is 4.90 Å². The SMILES string of the molecule is N#Cc1cccnc1N1CCC(c2nnc3ccc(-n4cccn4)nn23)CC1. The number of nitriles is 1. The van der Waals surface area contributed by atoms with Gasteiger partial charge in [-0.2, -0.15) is 14.9 Å². The van der Waals surface area contributed by atoms with Crippen molar-refractivity contribution in [2.75, 3.05) is 18.0 Å². The lowest BCUT2D eigenvalue weighted by Gasteiger charge is -2.32. The zero-order valence-electron chi connectivity index (χ0n) is 15.0. The van der Waals surface area contributed by atoms with Crippen molar-refractivity contribution in [1.82, 2.24) is 34.6 Å². The highest BCUT2D eigenvalue weighted by atomic mass is 15.4. The van der Waals surface area contributed by atoms with Crippen LogP contribution in [0, 0.1) is 11.3 Å². The predicted molar refractivity (Wildman–Crippen MR) is 101 cm³/mol. The number of hydrogen-bond acceptors (Lipinski definition) is 7. The fourth-order valence-corrected chi connectivity index (χ4v) is 3.66. The van der Waals surface area contributed by atoms with E-state index in [0.717, 1.165) is 49.0 Å². The maximum Gasteiger partial charge on any atom is 0.178 e. The maximum absolute atomic E-state index is 9.32. The first-order valence-corrected chi connectivity index (χ1v) is 9.16. The van der Waals surface area contributed by atoms with Crippen LogP contribution in [0.1, 0.15) is 30.1 Å². The monoisotopic (exact) mass is 371 g/mol. The second kappa shape index (κ2) is 6.74. The average molecular weight is 371 g/mol. The summed E-state index contributed by atoms with van der Waals surface area (Å²) in [4.78, 5) is 6.57. The van der Waals surface area contributed by atoms with Gasteiger partial charge in [-0.25, -0.2) is 9.67 Å². The van der Waals surface area contributed by atoms with Crippen molar-refractivity contribution in [1.29, 1.82) is 5.26 Å². The van der Waals surface area contributed by atoms with Gasteiger partial charge in [0, 0.05) is 37.6 Å². The van der Waals surface area contributed by atoms with Crippen molar-refractivity contribution in [3.63, 3.8) is 0 Å². The highest BCUT2D eigenvalue weighted by Crippen LogP contribution is 2.30. The molecule has 0 spiro atoms. The van der Waals surface area contributed by atoms with Crippen molar-refractivity contribution in [2.24, 2.45) is 0 Å². The molecule has 4 aromatic rings. The Morgan fingerprint density at radius 3 is 2.71 bits per heavy atom. The number of anilines is 1. The Hall–Kier alpha value is -3.80. The smallest absolute Gasteiger partial charge is 0.178 e. The Labute approximate surface area is 160 Å². The topological polar surface area (TPSA) is 101 Å². The lowest BCUT2D eigenvalue weighted by Crippen LogP contribution is -2.34. The second-order valence-electron chi connectivity index (χ2n) is 6.72. The molecule has 9 nitrogen and oxygen atoms in total. The minimum absolute atomic E-state index is 0.251. The van der Waals surface area contributed by atoms with Crippen LogP contribution in [-0.4, -0.2) is 47.7 Å². The number of pyridine rings is 1. The summed E-state index contributed by atoms with van der Waals surface area (Å²) in [6, 6.07) is 11.5. The molecule has 0 aromatic carbocycles. The average Bonchev–Trinajstić information content (AvgIpc) is 3.43. The van der Waals surface area contributed by atoms with E-state index in [4.69, 9.17) is 0 Å². The molecule has 0 amide bonds. The summed E-state index contributed by atoms with van der Waals surface area (Å²) in [6.07, 6.45) is 7.11. The van der Waals surface area contributed by atoms with E-state index in [0.29, 0.717) is 5.56 Å². The molecule has 0 bridgehead atoms. The van der Waals surface area contributed by atoms with Crippen LogP contribution in [0.4, 0.5) is 5.82 Å². The predicted octanol–water partition coefficient (Wildman–Crippen LogP) is 1.96. The van der Waals surface area contributed by atoms with Crippen molar-refractivity contribution in [3.05, 3.63) is 60.3 Å². The molecule has 0 N–H and O–H groups in total. The van der Waals surface area contributed by atoms with E-state index in [-0.39, 0.29) is 5.92 Å². The van der Waals surface area contributed by atoms with Crippen LogP contribution >= 0.6 is 0 Å². The maximum atomic E-state index is 9.32. The first kappa shape index (κ1) is 16.4. The van der Waals surface area contributed by atoms with Gasteiger partial charge in [0.2, 0.25) is 0 Å². The normalized spacial score (nSPS) is 15.0. The Morgan fingerprint density at radius 2 is 1.93 bits per heavy atom. The molecule has 5 rings (SSSR count). The van der Waals surface area contributed by atoms with Crippen LogP contribution in [0.15, 0.2) is 48.9 Å². The number of hydrogen-bond donors (Lipinski definition) is 0. The highest BCUT2D eigenvalue weighted by molar-refractivity contribution is 5.53. The zero-order chi connectivity index (χ0) is 18.9. The fraction of sp³-hybridized carbons (Fsp3) is 0.263. The molecule has 0 aliphatic carbocycles. The second-order valence-corrected chi connectivity index (χ2v) is 6.72. The summed E-state index contributed by atoms with van der Waals surface area (Å²) in [7, 11) is 0. The molecule has 138 valence electrons. The summed E-state index contributed by atoms with van der Waals surface area (Å²) in [5.41, 5.74) is 1.34. The van der Waals surface area contributed by atoms with E-state index in [9.17, 15) is 5.26 Å². The van der Waals surface area contributed by atoms with E-state index in [1.807, 2.05) is 28.9 Å². The molecule has 4 aromatic heterocycles. The van der Waals surface area contributed by atoms with Crippen LogP contribution in [0.2, 0.25) is 0 Å². The summed E-state index contributed by atoms with van der Waals surface area (Å²) < 4.78 is 3.54. The fourth-order valence-electron chi connectivity index (χ4n) is 3.66. The Kier molecular flexibility index (Phi) is 3.94. The van der Waals surface area contributed by atoms with Crippen LogP contribution in [0.5, 0.6) is 0 Å². The van der Waals surface area contributed by atoms with Gasteiger partial charge in [0.05, 0.1) is 5.56 Å². The minimum Gasteiger partial charge on any atom is -0.355 e. The number of rotatable bonds is 3. The van der Waals surface area contributed by atoms with E-state index in [2.05, 4.69) is 36.3 Å². The third-order valence-corrected chi connectivity index (χ3v) is 5.08. The summed E-state index contributed by atoms with van der Waals surface area (Å²) in [5, 5.41) is 26.9. The number of piperidine rings is 1. The van der Waals surface area contributed by atoms with Gasteiger partial charge in [-0.1, -0.05) is 0 Å². The third kappa shape index (κ3) is 2.75. The number of nitrogens with zero attached hydrogens (tertiary/aromatic N) is 9. The van der Waals surface area contributed by atoms with Gasteiger partial charge >= 0.3 is 0 Å². The lowest BCUT2D eigenvalue weighted by molar-refractivity contribution is 0.474. The molecule has 1 saturated heterocycles. The highest BCUT2D eigenvalue weighted by Gasteiger charge is 2.26. The molecule has 1 fully saturated rings. The Morgan fingerprint density at radius 1 is 1.04 bits per heavy atom. The van der Waals surface area contributed by atoms with Gasteiger partial charge in [0.1, 0.15) is 11.9 Å². The number of fused-ring (bicyclic) bond motifs is 1. The van der Waals surface area contributed by atoms with Crippen molar-refractivity contribution in [2.45, 2.75) is 18.8 Å². The largest absolute Gasteiger partial charge is 0.355 e. The first-order valence-electron chi connectivity index (χ1n) is 9.16. The quantitative estimate of drug-likeness (QED) is 0.542.